The van der Waals surface area contributed by atoms with E-state index in [1.807, 2.05) is 0 Å². The Morgan fingerprint density at radius 3 is 2.43 bits per heavy atom. The predicted octanol–water partition coefficient (Wildman–Crippen LogP) is 0.886. The zero-order valence-electron chi connectivity index (χ0n) is 13.2. The third-order valence-corrected chi connectivity index (χ3v) is 2.88. The molecule has 128 valence electrons. The van der Waals surface area contributed by atoms with Gasteiger partial charge in [0, 0.05) is 12.2 Å². The Labute approximate surface area is 133 Å². The molecule has 0 bridgehead atoms. The van der Waals surface area contributed by atoms with Crippen LogP contribution in [0.15, 0.2) is 18.2 Å². The molecule has 6 N–H and O–H groups in total. The van der Waals surface area contributed by atoms with E-state index >= 15 is 0 Å². The molecule has 23 heavy (non-hydrogen) atoms. The lowest BCUT2D eigenvalue weighted by atomic mass is 9.97. The van der Waals surface area contributed by atoms with Crippen molar-refractivity contribution in [2.45, 2.75) is 38.6 Å². The van der Waals surface area contributed by atoms with E-state index < -0.39 is 29.9 Å². The normalized spacial score (nSPS) is 14.0. The van der Waals surface area contributed by atoms with Gasteiger partial charge in [-0.15, -0.1) is 0 Å². The lowest BCUT2D eigenvalue weighted by Gasteiger charge is -2.23. The van der Waals surface area contributed by atoms with Crippen LogP contribution in [-0.4, -0.2) is 45.6 Å². The van der Waals surface area contributed by atoms with Gasteiger partial charge < -0.3 is 31.1 Å². The maximum Gasteiger partial charge on any atom is 0.407 e. The number of aliphatic hydroxyl groups is 2. The number of benzene rings is 1. The number of carbonyl (C=O) groups excluding carboxylic acids is 1. The molecule has 0 aromatic heterocycles. The van der Waals surface area contributed by atoms with Gasteiger partial charge in [0.05, 0.1) is 5.56 Å². The molecule has 0 fully saturated rings. The molecule has 0 aliphatic carbocycles. The van der Waals surface area contributed by atoms with Gasteiger partial charge >= 0.3 is 12.1 Å². The largest absolute Gasteiger partial charge is 0.478 e. The minimum atomic E-state index is -1.53. The van der Waals surface area contributed by atoms with Gasteiger partial charge in [-0.1, -0.05) is 12.1 Å². The molecule has 2 atom stereocenters. The van der Waals surface area contributed by atoms with Crippen molar-refractivity contribution < 1.29 is 29.6 Å². The van der Waals surface area contributed by atoms with E-state index in [1.165, 1.54) is 18.2 Å². The SMILES string of the molecule is CC(C)(C)OC(=O)NCC(O)C(O)c1cccc(N)c1C(=O)O. The van der Waals surface area contributed by atoms with Crippen molar-refractivity contribution in [1.29, 1.82) is 0 Å². The number of aromatic carboxylic acids is 1. The Morgan fingerprint density at radius 1 is 1.30 bits per heavy atom. The van der Waals surface area contributed by atoms with Crippen LogP contribution >= 0.6 is 0 Å². The summed E-state index contributed by atoms with van der Waals surface area (Å²) >= 11 is 0. The molecule has 0 aliphatic rings. The summed E-state index contributed by atoms with van der Waals surface area (Å²) in [5.74, 6) is -1.32. The van der Waals surface area contributed by atoms with Crippen LogP contribution in [0.3, 0.4) is 0 Å². The van der Waals surface area contributed by atoms with Gasteiger partial charge in [0.15, 0.2) is 0 Å². The van der Waals surface area contributed by atoms with Crippen LogP contribution in [0.4, 0.5) is 10.5 Å². The summed E-state index contributed by atoms with van der Waals surface area (Å²) in [5, 5.41) is 31.6. The number of carboxylic acids is 1. The number of amides is 1. The number of ether oxygens (including phenoxy) is 1. The molecule has 0 heterocycles. The Morgan fingerprint density at radius 2 is 1.91 bits per heavy atom. The second-order valence-electron chi connectivity index (χ2n) is 6.01. The van der Waals surface area contributed by atoms with Gasteiger partial charge in [-0.25, -0.2) is 9.59 Å². The zero-order chi connectivity index (χ0) is 17.8. The highest BCUT2D eigenvalue weighted by Gasteiger charge is 2.26. The number of nitrogens with two attached hydrogens (primary N) is 1. The Balaban J connectivity index is 2.78. The second-order valence-corrected chi connectivity index (χ2v) is 6.01. The topological polar surface area (TPSA) is 142 Å². The second kappa shape index (κ2) is 7.30. The molecule has 0 radical (unpaired) electrons. The van der Waals surface area contributed by atoms with Crippen molar-refractivity contribution in [1.82, 2.24) is 5.32 Å². The summed E-state index contributed by atoms with van der Waals surface area (Å²) in [6.07, 6.45) is -3.71. The van der Waals surface area contributed by atoms with E-state index in [9.17, 15) is 19.8 Å². The maximum atomic E-state index is 11.5. The number of hydrogen-bond donors (Lipinski definition) is 5. The molecule has 1 aromatic rings. The summed E-state index contributed by atoms with van der Waals surface area (Å²) in [5.41, 5.74) is 4.55. The van der Waals surface area contributed by atoms with Crippen LogP contribution in [-0.2, 0) is 4.74 Å². The van der Waals surface area contributed by atoms with E-state index in [4.69, 9.17) is 15.6 Å². The highest BCUT2D eigenvalue weighted by molar-refractivity contribution is 5.95. The van der Waals surface area contributed by atoms with Crippen molar-refractivity contribution in [3.8, 4) is 0 Å². The molecule has 0 saturated carbocycles. The van der Waals surface area contributed by atoms with Crippen molar-refractivity contribution in [2.24, 2.45) is 0 Å². The number of carboxylic acid groups (broad SMARTS) is 1. The monoisotopic (exact) mass is 326 g/mol. The molecule has 1 amide bonds. The van der Waals surface area contributed by atoms with Gasteiger partial charge in [0.25, 0.3) is 0 Å². The summed E-state index contributed by atoms with van der Waals surface area (Å²) in [6.45, 7) is 4.74. The summed E-state index contributed by atoms with van der Waals surface area (Å²) in [7, 11) is 0. The molecule has 8 heteroatoms. The van der Waals surface area contributed by atoms with Crippen LogP contribution < -0.4 is 11.1 Å². The van der Waals surface area contributed by atoms with E-state index in [0.29, 0.717) is 0 Å². The highest BCUT2D eigenvalue weighted by atomic mass is 16.6. The molecule has 0 saturated heterocycles. The third-order valence-electron chi connectivity index (χ3n) is 2.88. The Hall–Kier alpha value is -2.32. The number of hydrogen-bond acceptors (Lipinski definition) is 6. The van der Waals surface area contributed by atoms with Gasteiger partial charge in [0.2, 0.25) is 0 Å². The van der Waals surface area contributed by atoms with E-state index in [-0.39, 0.29) is 23.4 Å². The molecule has 2 unspecified atom stereocenters. The summed E-state index contributed by atoms with van der Waals surface area (Å²) in [4.78, 5) is 22.7. The maximum absolute atomic E-state index is 11.5. The van der Waals surface area contributed by atoms with Gasteiger partial charge in [0.1, 0.15) is 17.8 Å². The number of alkyl carbamates (subject to hydrolysis) is 1. The zero-order valence-corrected chi connectivity index (χ0v) is 13.2. The van der Waals surface area contributed by atoms with Crippen LogP contribution in [0.25, 0.3) is 0 Å². The first-order valence-corrected chi connectivity index (χ1v) is 6.97. The Bertz CT molecular complexity index is 582. The summed E-state index contributed by atoms with van der Waals surface area (Å²) in [6, 6.07) is 4.19. The van der Waals surface area contributed by atoms with Crippen LogP contribution in [0, 0.1) is 0 Å². The fraction of sp³-hybridized carbons (Fsp3) is 0.467. The van der Waals surface area contributed by atoms with Crippen LogP contribution in [0.5, 0.6) is 0 Å². The van der Waals surface area contributed by atoms with Gasteiger partial charge in [-0.2, -0.15) is 0 Å². The molecule has 8 nitrogen and oxygen atoms in total. The number of rotatable bonds is 5. The number of anilines is 1. The average molecular weight is 326 g/mol. The lowest BCUT2D eigenvalue weighted by molar-refractivity contribution is 0.0121. The standard InChI is InChI=1S/C15H22N2O6/c1-15(2,3)23-14(22)17-7-10(18)12(19)8-5-4-6-9(16)11(8)13(20)21/h4-6,10,12,18-19H,7,16H2,1-3H3,(H,17,22)(H,20,21). The molecule has 0 spiro atoms. The van der Waals surface area contributed by atoms with Crippen molar-refractivity contribution >= 4 is 17.7 Å². The quantitative estimate of drug-likeness (QED) is 0.506. The van der Waals surface area contributed by atoms with Crippen molar-refractivity contribution in [2.75, 3.05) is 12.3 Å². The van der Waals surface area contributed by atoms with E-state index in [1.54, 1.807) is 20.8 Å². The third kappa shape index (κ3) is 5.42. The number of aliphatic hydroxyl groups excluding tert-OH is 2. The van der Waals surface area contributed by atoms with E-state index in [2.05, 4.69) is 5.32 Å². The van der Waals surface area contributed by atoms with Crippen molar-refractivity contribution in [3.63, 3.8) is 0 Å². The minimum absolute atomic E-state index is 0.0265. The van der Waals surface area contributed by atoms with Crippen LogP contribution in [0.1, 0.15) is 42.8 Å². The number of carbonyl (C=O) groups is 2. The average Bonchev–Trinajstić information content (AvgIpc) is 2.41. The fourth-order valence-corrected chi connectivity index (χ4v) is 1.90. The number of nitrogen functional groups attached to an aromatic ring is 1. The minimum Gasteiger partial charge on any atom is -0.478 e. The van der Waals surface area contributed by atoms with Crippen molar-refractivity contribution in [3.05, 3.63) is 29.3 Å². The Kier molecular flexibility index (Phi) is 5.94. The molecule has 1 rings (SSSR count). The molecule has 1 aromatic carbocycles. The fourth-order valence-electron chi connectivity index (χ4n) is 1.90. The molecular weight excluding hydrogens is 304 g/mol. The van der Waals surface area contributed by atoms with E-state index in [0.717, 1.165) is 0 Å². The summed E-state index contributed by atoms with van der Waals surface area (Å²) < 4.78 is 5.00. The number of nitrogens with one attached hydrogen (secondary N) is 1. The lowest BCUT2D eigenvalue weighted by Crippen LogP contribution is -2.39. The first kappa shape index (κ1) is 18.7. The first-order chi connectivity index (χ1) is 10.5. The smallest absolute Gasteiger partial charge is 0.407 e. The first-order valence-electron chi connectivity index (χ1n) is 6.97. The van der Waals surface area contributed by atoms with Crippen LogP contribution in [0.2, 0.25) is 0 Å². The highest BCUT2D eigenvalue weighted by Crippen LogP contribution is 2.25. The van der Waals surface area contributed by atoms with Gasteiger partial charge in [-0.3, -0.25) is 0 Å². The van der Waals surface area contributed by atoms with Gasteiger partial charge in [-0.05, 0) is 32.4 Å². The molecule has 0 aliphatic heterocycles. The predicted molar refractivity (Wildman–Crippen MR) is 83.0 cm³/mol. The molecular formula is C15H22N2O6.